The fourth-order valence-corrected chi connectivity index (χ4v) is 2.41. The quantitative estimate of drug-likeness (QED) is 0.823. The van der Waals surface area contributed by atoms with Crippen LogP contribution in [0.15, 0.2) is 45.7 Å². The standard InChI is InChI=1S/C14H16N2O2S/c1-2-19-13-6-4-3-5-11(13)16-14(17)12-8-7-10(9-15)18-12/h3-8H,2,9,15H2,1H3,(H,16,17). The molecule has 0 fully saturated rings. The molecule has 1 heterocycles. The van der Waals surface area contributed by atoms with E-state index in [1.54, 1.807) is 23.9 Å². The van der Waals surface area contributed by atoms with E-state index in [9.17, 15) is 4.79 Å². The Kier molecular flexibility index (Phi) is 4.65. The first kappa shape index (κ1) is 13.7. The van der Waals surface area contributed by atoms with Crippen molar-refractivity contribution in [2.75, 3.05) is 11.1 Å². The molecule has 1 amide bonds. The number of benzene rings is 1. The van der Waals surface area contributed by atoms with Crippen molar-refractivity contribution in [3.8, 4) is 0 Å². The second-order valence-electron chi connectivity index (χ2n) is 3.85. The lowest BCUT2D eigenvalue weighted by Gasteiger charge is -2.08. The summed E-state index contributed by atoms with van der Waals surface area (Å²) in [6, 6.07) is 11.0. The molecule has 2 aromatic rings. The molecule has 3 N–H and O–H groups in total. The molecule has 0 aliphatic carbocycles. The molecule has 19 heavy (non-hydrogen) atoms. The number of nitrogens with two attached hydrogens (primary N) is 1. The molecule has 0 bridgehead atoms. The van der Waals surface area contributed by atoms with Crippen molar-refractivity contribution in [3.05, 3.63) is 47.9 Å². The van der Waals surface area contributed by atoms with Crippen molar-refractivity contribution in [1.82, 2.24) is 0 Å². The van der Waals surface area contributed by atoms with Crippen LogP contribution in [0, 0.1) is 0 Å². The summed E-state index contributed by atoms with van der Waals surface area (Å²) >= 11 is 1.68. The normalized spacial score (nSPS) is 10.4. The van der Waals surface area contributed by atoms with Crippen LogP contribution in [-0.2, 0) is 6.54 Å². The van der Waals surface area contributed by atoms with Gasteiger partial charge in [0.2, 0.25) is 0 Å². The summed E-state index contributed by atoms with van der Waals surface area (Å²) < 4.78 is 5.32. The molecule has 0 spiro atoms. The average molecular weight is 276 g/mol. The second kappa shape index (κ2) is 6.45. The largest absolute Gasteiger partial charge is 0.455 e. The number of anilines is 1. The average Bonchev–Trinajstić information content (AvgIpc) is 2.90. The second-order valence-corrected chi connectivity index (χ2v) is 5.16. The molecule has 1 aromatic carbocycles. The molecule has 0 aliphatic rings. The Morgan fingerprint density at radius 1 is 1.32 bits per heavy atom. The van der Waals surface area contributed by atoms with Crippen LogP contribution in [0.25, 0.3) is 0 Å². The molecule has 5 heteroatoms. The number of rotatable bonds is 5. The monoisotopic (exact) mass is 276 g/mol. The van der Waals surface area contributed by atoms with Gasteiger partial charge >= 0.3 is 0 Å². The molecule has 2 rings (SSSR count). The molecule has 4 nitrogen and oxygen atoms in total. The van der Waals surface area contributed by atoms with Gasteiger partial charge in [-0.15, -0.1) is 11.8 Å². The van der Waals surface area contributed by atoms with E-state index in [-0.39, 0.29) is 18.2 Å². The van der Waals surface area contributed by atoms with Crippen molar-refractivity contribution < 1.29 is 9.21 Å². The number of hydrogen-bond donors (Lipinski definition) is 2. The zero-order chi connectivity index (χ0) is 13.7. The van der Waals surface area contributed by atoms with Crippen molar-refractivity contribution in [1.29, 1.82) is 0 Å². The Morgan fingerprint density at radius 2 is 2.11 bits per heavy atom. The highest BCUT2D eigenvalue weighted by Gasteiger charge is 2.12. The minimum absolute atomic E-state index is 0.260. The van der Waals surface area contributed by atoms with Gasteiger partial charge in [-0.3, -0.25) is 4.79 Å². The van der Waals surface area contributed by atoms with Crippen molar-refractivity contribution in [2.45, 2.75) is 18.4 Å². The van der Waals surface area contributed by atoms with Gasteiger partial charge < -0.3 is 15.5 Å². The predicted octanol–water partition coefficient (Wildman–Crippen LogP) is 3.10. The summed E-state index contributed by atoms with van der Waals surface area (Å²) in [5, 5.41) is 2.85. The van der Waals surface area contributed by atoms with Crippen molar-refractivity contribution in [2.24, 2.45) is 5.73 Å². The zero-order valence-electron chi connectivity index (χ0n) is 10.7. The van der Waals surface area contributed by atoms with E-state index in [2.05, 4.69) is 12.2 Å². The maximum Gasteiger partial charge on any atom is 0.291 e. The topological polar surface area (TPSA) is 68.3 Å². The number of carbonyl (C=O) groups excluding carboxylic acids is 1. The highest BCUT2D eigenvalue weighted by atomic mass is 32.2. The van der Waals surface area contributed by atoms with E-state index in [1.165, 1.54) is 0 Å². The van der Waals surface area contributed by atoms with Gasteiger partial charge in [0.15, 0.2) is 5.76 Å². The summed E-state index contributed by atoms with van der Waals surface area (Å²) in [6.45, 7) is 2.36. The van der Waals surface area contributed by atoms with Crippen LogP contribution in [0.1, 0.15) is 23.2 Å². The number of hydrogen-bond acceptors (Lipinski definition) is 4. The smallest absolute Gasteiger partial charge is 0.291 e. The van der Waals surface area contributed by atoms with Crippen LogP contribution in [0.2, 0.25) is 0 Å². The van der Waals surface area contributed by atoms with Gasteiger partial charge in [0.05, 0.1) is 12.2 Å². The van der Waals surface area contributed by atoms with Crippen molar-refractivity contribution in [3.63, 3.8) is 0 Å². The number of nitrogens with one attached hydrogen (secondary N) is 1. The Labute approximate surface area is 116 Å². The van der Waals surface area contributed by atoms with Crippen LogP contribution < -0.4 is 11.1 Å². The SMILES string of the molecule is CCSc1ccccc1NC(=O)c1ccc(CN)o1. The highest BCUT2D eigenvalue weighted by Crippen LogP contribution is 2.27. The maximum absolute atomic E-state index is 12.0. The molecule has 1 aromatic heterocycles. The third-order valence-corrected chi connectivity index (χ3v) is 3.48. The maximum atomic E-state index is 12.0. The van der Waals surface area contributed by atoms with Gasteiger partial charge in [-0.2, -0.15) is 0 Å². The van der Waals surface area contributed by atoms with Crippen LogP contribution >= 0.6 is 11.8 Å². The first-order valence-corrected chi connectivity index (χ1v) is 7.05. The van der Waals surface area contributed by atoms with Gasteiger partial charge in [-0.1, -0.05) is 19.1 Å². The summed E-state index contributed by atoms with van der Waals surface area (Å²) in [6.07, 6.45) is 0. The summed E-state index contributed by atoms with van der Waals surface area (Å²) in [5.41, 5.74) is 6.25. The zero-order valence-corrected chi connectivity index (χ0v) is 11.5. The molecular weight excluding hydrogens is 260 g/mol. The fourth-order valence-electron chi connectivity index (χ4n) is 1.64. The van der Waals surface area contributed by atoms with Crippen LogP contribution in [0.5, 0.6) is 0 Å². The van der Waals surface area contributed by atoms with Gasteiger partial charge in [-0.25, -0.2) is 0 Å². The molecule has 100 valence electrons. The molecule has 0 saturated heterocycles. The first-order valence-electron chi connectivity index (χ1n) is 6.06. The van der Waals surface area contributed by atoms with Crippen molar-refractivity contribution >= 4 is 23.4 Å². The Hall–Kier alpha value is -1.72. The third kappa shape index (κ3) is 3.39. The Morgan fingerprint density at radius 3 is 2.79 bits per heavy atom. The lowest BCUT2D eigenvalue weighted by atomic mass is 10.3. The van der Waals surface area contributed by atoms with Gasteiger partial charge in [0.1, 0.15) is 5.76 Å². The van der Waals surface area contributed by atoms with Gasteiger partial charge in [-0.05, 0) is 30.0 Å². The molecule has 0 unspecified atom stereocenters. The number of thioether (sulfide) groups is 1. The van der Waals surface area contributed by atoms with E-state index in [1.807, 2.05) is 24.3 Å². The number of carbonyl (C=O) groups is 1. The molecule has 0 aliphatic heterocycles. The van der Waals surface area contributed by atoms with E-state index in [4.69, 9.17) is 10.2 Å². The van der Waals surface area contributed by atoms with Crippen LogP contribution in [0.3, 0.4) is 0 Å². The number of amides is 1. The summed E-state index contributed by atoms with van der Waals surface area (Å²) in [4.78, 5) is 13.1. The molecular formula is C14H16N2O2S. The molecule has 0 radical (unpaired) electrons. The Bertz CT molecular complexity index is 566. The number of para-hydroxylation sites is 1. The lowest BCUT2D eigenvalue weighted by molar-refractivity contribution is 0.0995. The first-order chi connectivity index (χ1) is 9.24. The fraction of sp³-hybridized carbons (Fsp3) is 0.214. The van der Waals surface area contributed by atoms with Gasteiger partial charge in [0.25, 0.3) is 5.91 Å². The Balaban J connectivity index is 2.14. The van der Waals surface area contributed by atoms with Crippen LogP contribution in [0.4, 0.5) is 5.69 Å². The summed E-state index contributed by atoms with van der Waals surface area (Å²) in [5.74, 6) is 1.56. The van der Waals surface area contributed by atoms with E-state index < -0.39 is 0 Å². The predicted molar refractivity (Wildman–Crippen MR) is 77.4 cm³/mol. The summed E-state index contributed by atoms with van der Waals surface area (Å²) in [7, 11) is 0. The molecule has 0 atom stereocenters. The third-order valence-electron chi connectivity index (χ3n) is 2.52. The lowest BCUT2D eigenvalue weighted by Crippen LogP contribution is -2.11. The highest BCUT2D eigenvalue weighted by molar-refractivity contribution is 7.99. The minimum Gasteiger partial charge on any atom is -0.455 e. The minimum atomic E-state index is -0.260. The van der Waals surface area contributed by atoms with Gasteiger partial charge in [0, 0.05) is 4.90 Å². The number of furan rings is 1. The van der Waals surface area contributed by atoms with E-state index in [0.29, 0.717) is 5.76 Å². The van der Waals surface area contributed by atoms with E-state index >= 15 is 0 Å². The van der Waals surface area contributed by atoms with E-state index in [0.717, 1.165) is 16.3 Å². The van der Waals surface area contributed by atoms with Crippen LogP contribution in [-0.4, -0.2) is 11.7 Å². The molecule has 0 saturated carbocycles.